The minimum atomic E-state index is 0. The second kappa shape index (κ2) is 21.7. The van der Waals surface area contributed by atoms with Gasteiger partial charge in [0.1, 0.15) is 0 Å². The molecular formula is C18H37K. The molecule has 0 aliphatic rings. The predicted octanol–water partition coefficient (Wildman–Crippen LogP) is 6.40. The summed E-state index contributed by atoms with van der Waals surface area (Å²) < 4.78 is 0. The molecule has 0 radical (unpaired) electrons. The Balaban J connectivity index is 0. The maximum atomic E-state index is 3.76. The van der Waals surface area contributed by atoms with Gasteiger partial charge in [0.05, 0.1) is 0 Å². The Bertz CT molecular complexity index is 154. The van der Waals surface area contributed by atoms with Crippen LogP contribution >= 0.6 is 0 Å². The summed E-state index contributed by atoms with van der Waals surface area (Å²) in [5.41, 5.74) is 0. The molecule has 0 aromatic rings. The van der Waals surface area contributed by atoms with E-state index in [9.17, 15) is 0 Å². The van der Waals surface area contributed by atoms with Gasteiger partial charge in [-0.2, -0.15) is 0 Å². The topological polar surface area (TPSA) is 0 Å². The van der Waals surface area contributed by atoms with Crippen molar-refractivity contribution in [1.82, 2.24) is 0 Å². The molecule has 0 N–H and O–H groups in total. The summed E-state index contributed by atoms with van der Waals surface area (Å²) >= 11 is 0. The average Bonchev–Trinajstić information content (AvgIpc) is 2.39. The van der Waals surface area contributed by atoms with Crippen LogP contribution in [0.25, 0.3) is 0 Å². The molecule has 0 saturated heterocycles. The molecule has 0 aromatic heterocycles. The number of rotatable bonds is 15. The minimum absolute atomic E-state index is 0. The predicted molar refractivity (Wildman–Crippen MR) is 92.3 cm³/mol. The third-order valence-corrected chi connectivity index (χ3v) is 3.76. The molecule has 0 aliphatic carbocycles. The van der Waals surface area contributed by atoms with Crippen LogP contribution in [0, 0.1) is 0 Å². The molecule has 0 amide bonds. The van der Waals surface area contributed by atoms with Crippen LogP contribution in [-0.4, -0.2) is 51.4 Å². The van der Waals surface area contributed by atoms with Gasteiger partial charge in [0, 0.05) is 0 Å². The molecule has 0 fully saturated rings. The number of hydrogen-bond acceptors (Lipinski definition) is 0. The zero-order chi connectivity index (χ0) is 13.3. The average molecular weight is 293 g/mol. The summed E-state index contributed by atoms with van der Waals surface area (Å²) in [7, 11) is 0. The van der Waals surface area contributed by atoms with Gasteiger partial charge in [-0.25, -0.2) is 0 Å². The van der Waals surface area contributed by atoms with E-state index in [1.807, 2.05) is 6.08 Å². The third-order valence-electron chi connectivity index (χ3n) is 3.76. The summed E-state index contributed by atoms with van der Waals surface area (Å²) in [5, 5.41) is 0. The van der Waals surface area contributed by atoms with Crippen LogP contribution in [-0.2, 0) is 0 Å². The second-order valence-electron chi connectivity index (χ2n) is 5.67. The molecule has 0 unspecified atom stereocenters. The quantitative estimate of drug-likeness (QED) is 0.186. The van der Waals surface area contributed by atoms with Gasteiger partial charge in [0.2, 0.25) is 0 Å². The van der Waals surface area contributed by atoms with Crippen LogP contribution < -0.4 is 0 Å². The molecule has 1 heteroatoms. The molecule has 0 saturated carbocycles. The first-order chi connectivity index (χ1) is 8.91. The fourth-order valence-corrected chi connectivity index (χ4v) is 2.48. The Morgan fingerprint density at radius 2 is 0.895 bits per heavy atom. The van der Waals surface area contributed by atoms with E-state index in [0.717, 1.165) is 0 Å². The Morgan fingerprint density at radius 3 is 1.21 bits per heavy atom. The molecule has 0 spiro atoms. The summed E-state index contributed by atoms with van der Waals surface area (Å²) in [4.78, 5) is 0. The summed E-state index contributed by atoms with van der Waals surface area (Å²) in [6, 6.07) is 0. The van der Waals surface area contributed by atoms with Gasteiger partial charge in [-0.1, -0.05) is 96.5 Å². The van der Waals surface area contributed by atoms with Crippen LogP contribution in [0.1, 0.15) is 103 Å². The first-order valence-corrected chi connectivity index (χ1v) is 8.52. The van der Waals surface area contributed by atoms with E-state index >= 15 is 0 Å². The zero-order valence-corrected chi connectivity index (χ0v) is 12.9. The van der Waals surface area contributed by atoms with Gasteiger partial charge in [-0.05, 0) is 12.8 Å². The van der Waals surface area contributed by atoms with Crippen molar-refractivity contribution in [2.24, 2.45) is 0 Å². The van der Waals surface area contributed by atoms with Gasteiger partial charge < -0.3 is 0 Å². The Morgan fingerprint density at radius 1 is 0.579 bits per heavy atom. The molecule has 0 nitrogen and oxygen atoms in total. The van der Waals surface area contributed by atoms with E-state index in [4.69, 9.17) is 0 Å². The first kappa shape index (κ1) is 22.7. The molecule has 0 aromatic carbocycles. The third kappa shape index (κ3) is 21.8. The fourth-order valence-electron chi connectivity index (χ4n) is 2.48. The number of unbranched alkanes of at least 4 members (excludes halogenated alkanes) is 14. The Labute approximate surface area is 165 Å². The molecule has 0 heterocycles. The van der Waals surface area contributed by atoms with Gasteiger partial charge in [-0.3, -0.25) is 0 Å². The van der Waals surface area contributed by atoms with Crippen molar-refractivity contribution in [2.45, 2.75) is 103 Å². The van der Waals surface area contributed by atoms with Crippen LogP contribution in [0.5, 0.6) is 0 Å². The molecule has 19 heavy (non-hydrogen) atoms. The first-order valence-electron chi connectivity index (χ1n) is 8.52. The molecule has 0 atom stereocenters. The van der Waals surface area contributed by atoms with Crippen molar-refractivity contribution in [1.29, 1.82) is 0 Å². The van der Waals surface area contributed by atoms with Crippen molar-refractivity contribution < 1.29 is 0 Å². The van der Waals surface area contributed by atoms with Crippen LogP contribution in [0.4, 0.5) is 0 Å². The van der Waals surface area contributed by atoms with Crippen molar-refractivity contribution in [2.75, 3.05) is 0 Å². The van der Waals surface area contributed by atoms with Crippen molar-refractivity contribution >= 4 is 51.4 Å². The van der Waals surface area contributed by atoms with E-state index in [1.54, 1.807) is 0 Å². The fraction of sp³-hybridized carbons (Fsp3) is 0.889. The number of hydrogen-bond donors (Lipinski definition) is 0. The van der Waals surface area contributed by atoms with Crippen LogP contribution in [0.3, 0.4) is 0 Å². The summed E-state index contributed by atoms with van der Waals surface area (Å²) in [6.07, 6.45) is 23.5. The van der Waals surface area contributed by atoms with E-state index in [0.29, 0.717) is 0 Å². The Kier molecular flexibility index (Phi) is 25.8. The SMILES string of the molecule is C=CCCCCCCCCCCCCCCCC.[KH]. The van der Waals surface area contributed by atoms with Crippen molar-refractivity contribution in [3.05, 3.63) is 12.7 Å². The second-order valence-corrected chi connectivity index (χ2v) is 5.67. The van der Waals surface area contributed by atoms with Crippen molar-refractivity contribution in [3.63, 3.8) is 0 Å². The van der Waals surface area contributed by atoms with E-state index < -0.39 is 0 Å². The van der Waals surface area contributed by atoms with E-state index in [1.165, 1.54) is 96.3 Å². The maximum absolute atomic E-state index is 3.76. The molecule has 0 aliphatic heterocycles. The molecular weight excluding hydrogens is 255 g/mol. The number of allylic oxidation sites excluding steroid dienone is 1. The molecule has 110 valence electrons. The normalized spacial score (nSPS) is 10.2. The monoisotopic (exact) mass is 292 g/mol. The van der Waals surface area contributed by atoms with Crippen molar-refractivity contribution in [3.8, 4) is 0 Å². The van der Waals surface area contributed by atoms with Crippen LogP contribution in [0.15, 0.2) is 12.7 Å². The van der Waals surface area contributed by atoms with E-state index in [-0.39, 0.29) is 51.4 Å². The van der Waals surface area contributed by atoms with Gasteiger partial charge >= 0.3 is 51.4 Å². The zero-order valence-electron chi connectivity index (χ0n) is 12.9. The van der Waals surface area contributed by atoms with Gasteiger partial charge in [-0.15, -0.1) is 6.58 Å². The standard InChI is InChI=1S/C18H36.K.H/c1-3-5-7-9-11-13-15-17-18-16-14-12-10-8-6-4-2;;/h3H,1,4-18H2,2H3;;. The van der Waals surface area contributed by atoms with Gasteiger partial charge in [0.25, 0.3) is 0 Å². The molecule has 0 bridgehead atoms. The molecule has 0 rings (SSSR count). The van der Waals surface area contributed by atoms with E-state index in [2.05, 4.69) is 13.5 Å². The summed E-state index contributed by atoms with van der Waals surface area (Å²) in [5.74, 6) is 0. The Hall–Kier alpha value is 1.38. The summed E-state index contributed by atoms with van der Waals surface area (Å²) in [6.45, 7) is 6.05. The van der Waals surface area contributed by atoms with Gasteiger partial charge in [0.15, 0.2) is 0 Å². The van der Waals surface area contributed by atoms with Crippen LogP contribution in [0.2, 0.25) is 0 Å².